The van der Waals surface area contributed by atoms with E-state index in [0.29, 0.717) is 13.2 Å². The smallest absolute Gasteiger partial charge is 0.320 e. The van der Waals surface area contributed by atoms with Crippen LogP contribution in [-0.2, 0) is 9.53 Å². The van der Waals surface area contributed by atoms with Crippen LogP contribution in [0.2, 0.25) is 0 Å². The lowest BCUT2D eigenvalue weighted by Crippen LogP contribution is -2.45. The predicted octanol–water partition coefficient (Wildman–Crippen LogP) is -0.208. The van der Waals surface area contributed by atoms with Crippen molar-refractivity contribution in [2.75, 3.05) is 26.3 Å². The summed E-state index contributed by atoms with van der Waals surface area (Å²) in [5, 5.41) is 8.65. The predicted molar refractivity (Wildman–Crippen MR) is 39.5 cm³/mol. The van der Waals surface area contributed by atoms with E-state index in [0.717, 1.165) is 13.1 Å². The van der Waals surface area contributed by atoms with E-state index >= 15 is 0 Å². The fourth-order valence-corrected chi connectivity index (χ4v) is 1.12. The first-order valence-corrected chi connectivity index (χ1v) is 3.76. The largest absolute Gasteiger partial charge is 0.480 e. The van der Waals surface area contributed by atoms with Crippen molar-refractivity contribution >= 4 is 5.97 Å². The first-order chi connectivity index (χ1) is 5.22. The standard InChI is InChI=1S/C7H13NO3/c1-6(7(9)10)8-2-4-11-5-3-8/h6H,2-5H2,1H3,(H,9,10). The number of hydrogen-bond donors (Lipinski definition) is 1. The zero-order valence-electron chi connectivity index (χ0n) is 6.62. The molecule has 1 saturated heterocycles. The van der Waals surface area contributed by atoms with Gasteiger partial charge in [0.15, 0.2) is 0 Å². The van der Waals surface area contributed by atoms with Gasteiger partial charge in [0.25, 0.3) is 0 Å². The van der Waals surface area contributed by atoms with Gasteiger partial charge < -0.3 is 9.84 Å². The van der Waals surface area contributed by atoms with Crippen molar-refractivity contribution in [1.82, 2.24) is 4.90 Å². The van der Waals surface area contributed by atoms with Gasteiger partial charge in [-0.15, -0.1) is 0 Å². The molecular formula is C7H13NO3. The molecule has 0 radical (unpaired) electrons. The minimum atomic E-state index is -0.758. The number of hydrogen-bond acceptors (Lipinski definition) is 3. The molecule has 11 heavy (non-hydrogen) atoms. The number of morpholine rings is 1. The van der Waals surface area contributed by atoms with E-state index in [9.17, 15) is 4.79 Å². The zero-order valence-corrected chi connectivity index (χ0v) is 6.62. The SMILES string of the molecule is CC(C(=O)O)N1CCOCC1. The maximum Gasteiger partial charge on any atom is 0.320 e. The third kappa shape index (κ3) is 2.17. The Balaban J connectivity index is 2.38. The number of aliphatic carboxylic acids is 1. The molecule has 1 aliphatic heterocycles. The molecule has 0 aromatic heterocycles. The summed E-state index contributed by atoms with van der Waals surface area (Å²) in [6, 6.07) is -0.376. The van der Waals surface area contributed by atoms with Crippen molar-refractivity contribution in [3.8, 4) is 0 Å². The number of carboxylic acids is 1. The molecule has 4 nitrogen and oxygen atoms in total. The second-order valence-electron chi connectivity index (χ2n) is 2.66. The normalized spacial score (nSPS) is 23.0. The van der Waals surface area contributed by atoms with Gasteiger partial charge >= 0.3 is 5.97 Å². The monoisotopic (exact) mass is 159 g/mol. The van der Waals surface area contributed by atoms with Crippen LogP contribution < -0.4 is 0 Å². The van der Waals surface area contributed by atoms with E-state index in [1.54, 1.807) is 6.92 Å². The summed E-state index contributed by atoms with van der Waals surface area (Å²) in [6.07, 6.45) is 0. The Bertz CT molecular complexity index is 143. The summed E-state index contributed by atoms with van der Waals surface area (Å²) in [5.41, 5.74) is 0. The van der Waals surface area contributed by atoms with E-state index in [4.69, 9.17) is 9.84 Å². The average molecular weight is 159 g/mol. The molecule has 1 N–H and O–H groups in total. The first kappa shape index (κ1) is 8.49. The topological polar surface area (TPSA) is 49.8 Å². The van der Waals surface area contributed by atoms with Crippen LogP contribution >= 0.6 is 0 Å². The highest BCUT2D eigenvalue weighted by Crippen LogP contribution is 2.02. The molecule has 0 saturated carbocycles. The van der Waals surface area contributed by atoms with E-state index < -0.39 is 5.97 Å². The van der Waals surface area contributed by atoms with Crippen molar-refractivity contribution in [3.63, 3.8) is 0 Å². The lowest BCUT2D eigenvalue weighted by molar-refractivity contribution is -0.144. The quantitative estimate of drug-likeness (QED) is 0.605. The van der Waals surface area contributed by atoms with Gasteiger partial charge in [0.05, 0.1) is 13.2 Å². The van der Waals surface area contributed by atoms with Gasteiger partial charge in [-0.2, -0.15) is 0 Å². The number of rotatable bonds is 2. The number of carboxylic acid groups (broad SMARTS) is 1. The van der Waals surface area contributed by atoms with E-state index in [-0.39, 0.29) is 6.04 Å². The third-order valence-corrected chi connectivity index (χ3v) is 1.95. The zero-order chi connectivity index (χ0) is 8.27. The van der Waals surface area contributed by atoms with Crippen molar-refractivity contribution in [2.45, 2.75) is 13.0 Å². The molecule has 64 valence electrons. The Hall–Kier alpha value is -0.610. The molecule has 1 rings (SSSR count). The van der Waals surface area contributed by atoms with Gasteiger partial charge in [-0.25, -0.2) is 0 Å². The molecule has 0 spiro atoms. The Labute approximate surface area is 65.8 Å². The van der Waals surface area contributed by atoms with Gasteiger partial charge in [-0.1, -0.05) is 0 Å². The van der Waals surface area contributed by atoms with Gasteiger partial charge in [-0.05, 0) is 6.92 Å². The number of nitrogens with zero attached hydrogens (tertiary/aromatic N) is 1. The van der Waals surface area contributed by atoms with Crippen LogP contribution in [0.5, 0.6) is 0 Å². The van der Waals surface area contributed by atoms with E-state index in [1.165, 1.54) is 0 Å². The fourth-order valence-electron chi connectivity index (χ4n) is 1.12. The van der Waals surface area contributed by atoms with Crippen LogP contribution in [0.1, 0.15) is 6.92 Å². The fraction of sp³-hybridized carbons (Fsp3) is 0.857. The summed E-state index contributed by atoms with van der Waals surface area (Å²) < 4.78 is 5.10. The molecule has 1 aliphatic rings. The molecule has 1 heterocycles. The summed E-state index contributed by atoms with van der Waals surface area (Å²) in [5.74, 6) is -0.758. The molecule has 4 heteroatoms. The molecule has 0 aliphatic carbocycles. The lowest BCUT2D eigenvalue weighted by atomic mass is 10.2. The molecule has 0 bridgehead atoms. The summed E-state index contributed by atoms with van der Waals surface area (Å²) in [4.78, 5) is 12.4. The molecule has 0 aromatic carbocycles. The van der Waals surface area contributed by atoms with Crippen LogP contribution in [0.25, 0.3) is 0 Å². The maximum atomic E-state index is 10.5. The Morgan fingerprint density at radius 2 is 2.09 bits per heavy atom. The highest BCUT2D eigenvalue weighted by molar-refractivity contribution is 5.72. The Morgan fingerprint density at radius 3 is 2.55 bits per heavy atom. The van der Waals surface area contributed by atoms with Crippen molar-refractivity contribution in [3.05, 3.63) is 0 Å². The Morgan fingerprint density at radius 1 is 1.55 bits per heavy atom. The van der Waals surface area contributed by atoms with Crippen molar-refractivity contribution < 1.29 is 14.6 Å². The summed E-state index contributed by atoms with van der Waals surface area (Å²) in [6.45, 7) is 4.46. The van der Waals surface area contributed by atoms with Crippen LogP contribution in [0.3, 0.4) is 0 Å². The highest BCUT2D eigenvalue weighted by Gasteiger charge is 2.21. The third-order valence-electron chi connectivity index (χ3n) is 1.95. The van der Waals surface area contributed by atoms with Crippen LogP contribution in [0.15, 0.2) is 0 Å². The van der Waals surface area contributed by atoms with E-state index in [2.05, 4.69) is 0 Å². The number of carbonyl (C=O) groups is 1. The van der Waals surface area contributed by atoms with Gasteiger partial charge in [0.2, 0.25) is 0 Å². The van der Waals surface area contributed by atoms with E-state index in [1.807, 2.05) is 4.90 Å². The van der Waals surface area contributed by atoms with Gasteiger partial charge in [-0.3, -0.25) is 9.69 Å². The first-order valence-electron chi connectivity index (χ1n) is 3.76. The minimum absolute atomic E-state index is 0.376. The Kier molecular flexibility index (Phi) is 2.84. The molecule has 1 unspecified atom stereocenters. The minimum Gasteiger partial charge on any atom is -0.480 e. The maximum absolute atomic E-state index is 10.5. The van der Waals surface area contributed by atoms with Crippen molar-refractivity contribution in [2.24, 2.45) is 0 Å². The molecular weight excluding hydrogens is 146 g/mol. The molecule has 0 amide bonds. The van der Waals surface area contributed by atoms with Crippen LogP contribution in [-0.4, -0.2) is 48.3 Å². The average Bonchev–Trinajstić information content (AvgIpc) is 2.05. The molecule has 1 atom stereocenters. The highest BCUT2D eigenvalue weighted by atomic mass is 16.5. The van der Waals surface area contributed by atoms with Crippen molar-refractivity contribution in [1.29, 1.82) is 0 Å². The summed E-state index contributed by atoms with van der Waals surface area (Å²) in [7, 11) is 0. The number of ether oxygens (including phenoxy) is 1. The second-order valence-corrected chi connectivity index (χ2v) is 2.66. The van der Waals surface area contributed by atoms with Gasteiger partial charge in [0, 0.05) is 13.1 Å². The lowest BCUT2D eigenvalue weighted by Gasteiger charge is -2.29. The van der Waals surface area contributed by atoms with Crippen LogP contribution in [0.4, 0.5) is 0 Å². The van der Waals surface area contributed by atoms with Crippen LogP contribution in [0, 0.1) is 0 Å². The summed E-state index contributed by atoms with van der Waals surface area (Å²) >= 11 is 0. The molecule has 0 aromatic rings. The second kappa shape index (κ2) is 3.69. The molecule has 1 fully saturated rings. The van der Waals surface area contributed by atoms with Gasteiger partial charge in [0.1, 0.15) is 6.04 Å².